The second kappa shape index (κ2) is 5.92. The Morgan fingerprint density at radius 2 is 1.87 bits per heavy atom. The van der Waals surface area contributed by atoms with Crippen LogP contribution in [0.2, 0.25) is 0 Å². The van der Waals surface area contributed by atoms with Crippen molar-refractivity contribution in [1.29, 1.82) is 0 Å². The molecule has 0 aliphatic carbocycles. The molecule has 0 fully saturated rings. The number of hydrogen-bond donors (Lipinski definition) is 1. The largest absolute Gasteiger partial charge is 0.401 e. The topological polar surface area (TPSA) is 49.6 Å². The highest BCUT2D eigenvalue weighted by Crippen LogP contribution is 2.16. The minimum atomic E-state index is -4.30. The lowest BCUT2D eigenvalue weighted by Gasteiger charge is -2.23. The van der Waals surface area contributed by atoms with Crippen molar-refractivity contribution in [2.75, 3.05) is 40.3 Å². The Hall–Kier alpha value is -0.820. The molecular formula is C8H16F3N3O. The first kappa shape index (κ1) is 14.2. The Morgan fingerprint density at radius 1 is 1.33 bits per heavy atom. The van der Waals surface area contributed by atoms with Gasteiger partial charge in [-0.3, -0.25) is 9.69 Å². The molecule has 7 heteroatoms. The number of hydrogen-bond acceptors (Lipinski definition) is 3. The molecule has 0 heterocycles. The van der Waals surface area contributed by atoms with E-state index in [2.05, 4.69) is 0 Å². The molecule has 1 amide bonds. The molecule has 2 N–H and O–H groups in total. The molecule has 0 aliphatic heterocycles. The summed E-state index contributed by atoms with van der Waals surface area (Å²) in [5.74, 6) is -0.368. The maximum Gasteiger partial charge on any atom is 0.401 e. The van der Waals surface area contributed by atoms with Crippen molar-refractivity contribution in [3.05, 3.63) is 0 Å². The summed E-state index contributed by atoms with van der Waals surface area (Å²) in [6.45, 7) is -1.22. The van der Waals surface area contributed by atoms with Crippen molar-refractivity contribution in [2.24, 2.45) is 5.73 Å². The molecule has 0 aliphatic rings. The highest BCUT2D eigenvalue weighted by atomic mass is 19.4. The van der Waals surface area contributed by atoms with Gasteiger partial charge in [-0.1, -0.05) is 0 Å². The lowest BCUT2D eigenvalue weighted by atomic mass is 10.4. The van der Waals surface area contributed by atoms with Gasteiger partial charge in [-0.05, 0) is 0 Å². The summed E-state index contributed by atoms with van der Waals surface area (Å²) in [6, 6.07) is 0. The third-order valence-corrected chi connectivity index (χ3v) is 1.71. The first-order valence-corrected chi connectivity index (χ1v) is 4.45. The van der Waals surface area contributed by atoms with Crippen LogP contribution >= 0.6 is 0 Å². The smallest absolute Gasteiger partial charge is 0.348 e. The fourth-order valence-corrected chi connectivity index (χ4v) is 0.983. The van der Waals surface area contributed by atoms with E-state index in [4.69, 9.17) is 5.73 Å². The van der Waals surface area contributed by atoms with Crippen molar-refractivity contribution in [2.45, 2.75) is 6.18 Å². The average Bonchev–Trinajstić information content (AvgIpc) is 2.00. The highest BCUT2D eigenvalue weighted by Gasteiger charge is 2.31. The predicted molar refractivity (Wildman–Crippen MR) is 50.2 cm³/mol. The fourth-order valence-electron chi connectivity index (χ4n) is 0.983. The first-order valence-electron chi connectivity index (χ1n) is 4.45. The molecule has 0 aromatic carbocycles. The fraction of sp³-hybridized carbons (Fsp3) is 0.875. The van der Waals surface area contributed by atoms with Crippen molar-refractivity contribution < 1.29 is 18.0 Å². The molecule has 0 saturated carbocycles. The van der Waals surface area contributed by atoms with E-state index in [1.54, 1.807) is 0 Å². The molecule has 15 heavy (non-hydrogen) atoms. The number of carbonyl (C=O) groups excluding carboxylic acids is 1. The van der Waals surface area contributed by atoms with E-state index in [9.17, 15) is 18.0 Å². The van der Waals surface area contributed by atoms with Gasteiger partial charge < -0.3 is 10.6 Å². The number of likely N-dealkylation sites (N-methyl/N-ethyl adjacent to an activating group) is 1. The Kier molecular flexibility index (Phi) is 5.59. The number of nitrogens with two attached hydrogens (primary N) is 1. The van der Waals surface area contributed by atoms with Crippen LogP contribution in [-0.4, -0.2) is 62.2 Å². The van der Waals surface area contributed by atoms with Crippen molar-refractivity contribution in [1.82, 2.24) is 9.80 Å². The molecule has 0 unspecified atom stereocenters. The van der Waals surface area contributed by atoms with E-state index >= 15 is 0 Å². The van der Waals surface area contributed by atoms with Crippen LogP contribution < -0.4 is 5.73 Å². The minimum Gasteiger partial charge on any atom is -0.348 e. The summed E-state index contributed by atoms with van der Waals surface area (Å²) >= 11 is 0. The Bertz CT molecular complexity index is 206. The first-order chi connectivity index (χ1) is 6.76. The van der Waals surface area contributed by atoms with Crippen LogP contribution in [0.1, 0.15) is 0 Å². The highest BCUT2D eigenvalue weighted by molar-refractivity contribution is 5.77. The van der Waals surface area contributed by atoms with Gasteiger partial charge in [0.1, 0.15) is 0 Å². The zero-order valence-corrected chi connectivity index (χ0v) is 8.84. The quantitative estimate of drug-likeness (QED) is 0.713. The molecular weight excluding hydrogens is 211 g/mol. The lowest BCUT2D eigenvalue weighted by Crippen LogP contribution is -2.43. The van der Waals surface area contributed by atoms with Gasteiger partial charge in [-0.25, -0.2) is 0 Å². The monoisotopic (exact) mass is 227 g/mol. The van der Waals surface area contributed by atoms with Gasteiger partial charge in [0.25, 0.3) is 0 Å². The van der Waals surface area contributed by atoms with E-state index < -0.39 is 12.7 Å². The summed E-state index contributed by atoms with van der Waals surface area (Å²) in [5.41, 5.74) is 5.17. The van der Waals surface area contributed by atoms with E-state index in [1.807, 2.05) is 0 Å². The third-order valence-electron chi connectivity index (χ3n) is 1.71. The lowest BCUT2D eigenvalue weighted by molar-refractivity contribution is -0.150. The van der Waals surface area contributed by atoms with Crippen LogP contribution in [0.4, 0.5) is 13.2 Å². The Balaban J connectivity index is 4.22. The molecule has 0 radical (unpaired) electrons. The van der Waals surface area contributed by atoms with E-state index in [1.165, 1.54) is 19.0 Å². The van der Waals surface area contributed by atoms with Crippen molar-refractivity contribution in [3.63, 3.8) is 0 Å². The molecule has 0 bridgehead atoms. The number of alkyl halides is 3. The minimum absolute atomic E-state index is 0.0547. The van der Waals surface area contributed by atoms with Crippen LogP contribution in [0.15, 0.2) is 0 Å². The number of nitrogens with zero attached hydrogens (tertiary/aromatic N) is 2. The van der Waals surface area contributed by atoms with Gasteiger partial charge in [0.2, 0.25) is 5.91 Å². The van der Waals surface area contributed by atoms with Gasteiger partial charge in [0.05, 0.1) is 13.1 Å². The third kappa shape index (κ3) is 7.15. The molecule has 0 atom stereocenters. The van der Waals surface area contributed by atoms with Crippen LogP contribution in [0.25, 0.3) is 0 Å². The molecule has 90 valence electrons. The van der Waals surface area contributed by atoms with E-state index in [0.29, 0.717) is 0 Å². The van der Waals surface area contributed by atoms with Crippen molar-refractivity contribution in [3.8, 4) is 0 Å². The maximum atomic E-state index is 12.1. The van der Waals surface area contributed by atoms with Crippen molar-refractivity contribution >= 4 is 5.91 Å². The maximum absolute atomic E-state index is 12.1. The van der Waals surface area contributed by atoms with Gasteiger partial charge in [0, 0.05) is 27.2 Å². The number of amides is 1. The van der Waals surface area contributed by atoms with Crippen LogP contribution in [0.5, 0.6) is 0 Å². The number of rotatable bonds is 5. The van der Waals surface area contributed by atoms with Gasteiger partial charge in [0.15, 0.2) is 0 Å². The van der Waals surface area contributed by atoms with Gasteiger partial charge in [-0.15, -0.1) is 0 Å². The number of carbonyl (C=O) groups is 1. The molecule has 4 nitrogen and oxygen atoms in total. The zero-order chi connectivity index (χ0) is 12.1. The molecule has 0 aromatic heterocycles. The summed E-state index contributed by atoms with van der Waals surface area (Å²) in [4.78, 5) is 13.4. The summed E-state index contributed by atoms with van der Waals surface area (Å²) < 4.78 is 36.2. The summed E-state index contributed by atoms with van der Waals surface area (Å²) in [6.07, 6.45) is -4.30. The number of halogens is 3. The van der Waals surface area contributed by atoms with Crippen LogP contribution in [-0.2, 0) is 4.79 Å². The normalized spacial score (nSPS) is 11.9. The molecule has 0 saturated heterocycles. The second-order valence-corrected chi connectivity index (χ2v) is 3.40. The Labute approximate surface area is 86.8 Å². The standard InChI is InChI=1S/C8H16F3N3O/c1-13(2)7(15)5-14(4-3-12)6-8(9,10)11/h3-6,12H2,1-2H3. The summed E-state index contributed by atoms with van der Waals surface area (Å²) in [5, 5.41) is 0. The van der Waals surface area contributed by atoms with E-state index in [-0.39, 0.29) is 25.5 Å². The molecule has 0 rings (SSSR count). The van der Waals surface area contributed by atoms with Gasteiger partial charge >= 0.3 is 6.18 Å². The van der Waals surface area contributed by atoms with Gasteiger partial charge in [-0.2, -0.15) is 13.2 Å². The van der Waals surface area contributed by atoms with E-state index in [0.717, 1.165) is 4.90 Å². The van der Waals surface area contributed by atoms with Crippen LogP contribution in [0.3, 0.4) is 0 Å². The zero-order valence-electron chi connectivity index (χ0n) is 8.84. The Morgan fingerprint density at radius 3 is 2.20 bits per heavy atom. The SMILES string of the molecule is CN(C)C(=O)CN(CCN)CC(F)(F)F. The second-order valence-electron chi connectivity index (χ2n) is 3.40. The molecule has 0 aromatic rings. The summed E-state index contributed by atoms with van der Waals surface area (Å²) in [7, 11) is 2.99. The molecule has 0 spiro atoms. The average molecular weight is 227 g/mol. The predicted octanol–water partition coefficient (Wildman–Crippen LogP) is -0.102. The van der Waals surface area contributed by atoms with Crippen LogP contribution in [0, 0.1) is 0 Å².